The number of piperazine rings is 1. The maximum absolute atomic E-state index is 15.2. The van der Waals surface area contributed by atoms with E-state index in [-0.39, 0.29) is 18.0 Å². The van der Waals surface area contributed by atoms with Gasteiger partial charge in [0.2, 0.25) is 0 Å². The molecule has 0 amide bonds. The minimum absolute atomic E-state index is 0.0365. The molecule has 4 aliphatic rings. The van der Waals surface area contributed by atoms with Gasteiger partial charge in [0.05, 0.1) is 12.1 Å². The van der Waals surface area contributed by atoms with Gasteiger partial charge in [0.1, 0.15) is 24.1 Å². The molecule has 0 aromatic heterocycles. The first kappa shape index (κ1) is 17.5. The molecule has 26 heavy (non-hydrogen) atoms. The summed E-state index contributed by atoms with van der Waals surface area (Å²) in [5.41, 5.74) is 0.460. The lowest BCUT2D eigenvalue weighted by Gasteiger charge is -2.54. The van der Waals surface area contributed by atoms with E-state index < -0.39 is 36.0 Å². The van der Waals surface area contributed by atoms with E-state index in [4.69, 9.17) is 4.74 Å². The molecule has 1 aliphatic carbocycles. The van der Waals surface area contributed by atoms with Crippen molar-refractivity contribution < 1.29 is 23.8 Å². The van der Waals surface area contributed by atoms with E-state index >= 15 is 4.39 Å². The Bertz CT molecular complexity index is 686. The zero-order valence-corrected chi connectivity index (χ0v) is 15.0. The van der Waals surface area contributed by atoms with Crippen LogP contribution in [0.1, 0.15) is 13.3 Å². The average Bonchev–Trinajstić information content (AvgIpc) is 2.60. The average molecular weight is 365 g/mol. The van der Waals surface area contributed by atoms with Gasteiger partial charge in [-0.15, -0.1) is 0 Å². The maximum Gasteiger partial charge on any atom is 0.340 e. The Morgan fingerprint density at radius 3 is 2.62 bits per heavy atom. The third-order valence-corrected chi connectivity index (χ3v) is 6.12. The molecule has 5 atom stereocenters. The number of rotatable bonds is 2. The Morgan fingerprint density at radius 1 is 1.27 bits per heavy atom. The topological polar surface area (TPSA) is 73.3 Å². The molecule has 0 spiro atoms. The summed E-state index contributed by atoms with van der Waals surface area (Å²) in [5.74, 6) is -2.44. The molecule has 0 aromatic carbocycles. The van der Waals surface area contributed by atoms with Gasteiger partial charge in [-0.2, -0.15) is 0 Å². The molecule has 8 heteroatoms. The number of hydrogen-bond acceptors (Lipinski definition) is 6. The Labute approximate surface area is 151 Å². The van der Waals surface area contributed by atoms with Crippen LogP contribution in [0.25, 0.3) is 0 Å². The van der Waals surface area contributed by atoms with Crippen molar-refractivity contribution in [1.82, 2.24) is 14.7 Å². The molecular formula is C18H24FN3O4. The van der Waals surface area contributed by atoms with Crippen LogP contribution in [0.2, 0.25) is 0 Å². The summed E-state index contributed by atoms with van der Waals surface area (Å²) in [6.07, 6.45) is 1.27. The van der Waals surface area contributed by atoms with Gasteiger partial charge < -0.3 is 19.6 Å². The van der Waals surface area contributed by atoms with E-state index in [2.05, 4.69) is 9.80 Å². The number of carbonyl (C=O) groups is 2. The Balaban J connectivity index is 1.70. The molecule has 0 radical (unpaired) electrons. The summed E-state index contributed by atoms with van der Waals surface area (Å²) in [6.45, 7) is 5.05. The number of halogens is 1. The molecule has 3 heterocycles. The lowest BCUT2D eigenvalue weighted by atomic mass is 9.71. The largest absolute Gasteiger partial charge is 0.492 e. The number of carbonyl (C=O) groups excluding carboxylic acids is 1. The van der Waals surface area contributed by atoms with Crippen molar-refractivity contribution in [3.8, 4) is 0 Å². The summed E-state index contributed by atoms with van der Waals surface area (Å²) in [6, 6.07) is -0.781. The predicted molar refractivity (Wildman–Crippen MR) is 90.8 cm³/mol. The summed E-state index contributed by atoms with van der Waals surface area (Å²) in [4.78, 5) is 30.3. The van der Waals surface area contributed by atoms with Gasteiger partial charge in [0.15, 0.2) is 5.78 Å². The fourth-order valence-corrected chi connectivity index (χ4v) is 4.71. The molecular weight excluding hydrogens is 341 g/mol. The molecule has 4 rings (SSSR count). The third kappa shape index (κ3) is 2.63. The number of carboxylic acids is 1. The highest BCUT2D eigenvalue weighted by Crippen LogP contribution is 2.43. The molecule has 5 unspecified atom stereocenters. The quantitative estimate of drug-likeness (QED) is 0.712. The van der Waals surface area contributed by atoms with Gasteiger partial charge >= 0.3 is 5.97 Å². The number of Topliss-reactive ketones (excluding diaryl/α,β-unsaturated/α-hetero) is 1. The van der Waals surface area contributed by atoms with Gasteiger partial charge in [0.25, 0.3) is 0 Å². The molecule has 1 saturated carbocycles. The number of aliphatic carboxylic acids is 1. The van der Waals surface area contributed by atoms with Crippen molar-refractivity contribution in [2.75, 3.05) is 33.2 Å². The highest BCUT2D eigenvalue weighted by atomic mass is 19.1. The number of nitrogens with zero attached hydrogens (tertiary/aromatic N) is 3. The SMILES string of the molecule is CC1=COC2C(N3CCN(C)CC3)C(F)CC3C(=O)C(C(=O)O)=CN1C32. The molecule has 142 valence electrons. The minimum Gasteiger partial charge on any atom is -0.492 e. The van der Waals surface area contributed by atoms with Gasteiger partial charge in [0, 0.05) is 44.0 Å². The van der Waals surface area contributed by atoms with Crippen molar-refractivity contribution in [2.24, 2.45) is 5.92 Å². The number of ether oxygens (including phenoxy) is 1. The van der Waals surface area contributed by atoms with Crippen molar-refractivity contribution in [3.63, 3.8) is 0 Å². The highest BCUT2D eigenvalue weighted by molar-refractivity contribution is 6.18. The standard InChI is InChI=1S/C18H24FN3O4/c1-10-9-26-17-14-11(16(23)12(18(24)25)8-22(10)14)7-13(19)15(17)21-5-3-20(2)4-6-21/h8-9,11,13-15,17H,3-7H2,1-2H3,(H,24,25). The Kier molecular flexibility index (Phi) is 4.27. The van der Waals surface area contributed by atoms with Crippen LogP contribution >= 0.6 is 0 Å². The summed E-state index contributed by atoms with van der Waals surface area (Å²) in [7, 11) is 2.05. The van der Waals surface area contributed by atoms with Crippen LogP contribution in [0.3, 0.4) is 0 Å². The molecule has 7 nitrogen and oxygen atoms in total. The number of allylic oxidation sites excluding steroid dienone is 1. The van der Waals surface area contributed by atoms with Crippen LogP contribution in [0, 0.1) is 5.92 Å². The van der Waals surface area contributed by atoms with Crippen molar-refractivity contribution in [3.05, 3.63) is 23.7 Å². The first-order valence-corrected chi connectivity index (χ1v) is 9.05. The monoisotopic (exact) mass is 365 g/mol. The zero-order chi connectivity index (χ0) is 18.6. The van der Waals surface area contributed by atoms with Crippen LogP contribution in [0.5, 0.6) is 0 Å². The van der Waals surface area contributed by atoms with Crippen molar-refractivity contribution >= 4 is 11.8 Å². The second-order valence-electron chi connectivity index (χ2n) is 7.66. The molecule has 0 bridgehead atoms. The maximum atomic E-state index is 15.2. The Morgan fingerprint density at radius 2 is 1.96 bits per heavy atom. The molecule has 2 fully saturated rings. The minimum atomic E-state index is -1.26. The van der Waals surface area contributed by atoms with Crippen molar-refractivity contribution in [2.45, 2.75) is 37.7 Å². The molecule has 0 aromatic rings. The second kappa shape index (κ2) is 6.35. The fourth-order valence-electron chi connectivity index (χ4n) is 4.71. The number of hydrogen-bond donors (Lipinski definition) is 1. The lowest BCUT2D eigenvalue weighted by molar-refractivity contribution is -0.145. The fraction of sp³-hybridized carbons (Fsp3) is 0.667. The van der Waals surface area contributed by atoms with Crippen LogP contribution in [-0.2, 0) is 14.3 Å². The van der Waals surface area contributed by atoms with Gasteiger partial charge in [-0.05, 0) is 20.4 Å². The van der Waals surface area contributed by atoms with Crippen molar-refractivity contribution in [1.29, 1.82) is 0 Å². The van der Waals surface area contributed by atoms with E-state index in [1.807, 2.05) is 14.0 Å². The number of ketones is 1. The second-order valence-corrected chi connectivity index (χ2v) is 7.66. The Hall–Kier alpha value is -1.93. The number of carboxylic acid groups (broad SMARTS) is 1. The van der Waals surface area contributed by atoms with E-state index in [1.54, 1.807) is 11.2 Å². The first-order chi connectivity index (χ1) is 12.4. The van der Waals surface area contributed by atoms with Gasteiger partial charge in [-0.25, -0.2) is 9.18 Å². The normalized spacial score (nSPS) is 38.2. The van der Waals surface area contributed by atoms with E-state index in [1.165, 1.54) is 6.20 Å². The summed E-state index contributed by atoms with van der Waals surface area (Å²) in [5, 5.41) is 9.36. The third-order valence-electron chi connectivity index (χ3n) is 6.12. The van der Waals surface area contributed by atoms with Gasteiger partial charge in [-0.1, -0.05) is 0 Å². The highest BCUT2D eigenvalue weighted by Gasteiger charge is 2.56. The summed E-state index contributed by atoms with van der Waals surface area (Å²) < 4.78 is 21.1. The van der Waals surface area contributed by atoms with Crippen LogP contribution in [-0.4, -0.2) is 89.1 Å². The molecule has 1 saturated heterocycles. The van der Waals surface area contributed by atoms with Gasteiger partial charge in [-0.3, -0.25) is 9.69 Å². The number of alkyl halides is 1. The predicted octanol–water partition coefficient (Wildman–Crippen LogP) is 0.442. The van der Waals surface area contributed by atoms with E-state index in [0.717, 1.165) is 31.9 Å². The summed E-state index contributed by atoms with van der Waals surface area (Å²) >= 11 is 0. The molecule has 3 aliphatic heterocycles. The van der Waals surface area contributed by atoms with Crippen LogP contribution < -0.4 is 0 Å². The van der Waals surface area contributed by atoms with Crippen LogP contribution in [0.15, 0.2) is 23.7 Å². The lowest BCUT2D eigenvalue weighted by Crippen LogP contribution is -2.68. The van der Waals surface area contributed by atoms with E-state index in [9.17, 15) is 14.7 Å². The molecule has 1 N–H and O–H groups in total. The van der Waals surface area contributed by atoms with E-state index in [0.29, 0.717) is 0 Å². The smallest absolute Gasteiger partial charge is 0.340 e. The van der Waals surface area contributed by atoms with Crippen LogP contribution in [0.4, 0.5) is 4.39 Å². The first-order valence-electron chi connectivity index (χ1n) is 9.05. The number of likely N-dealkylation sites (N-methyl/N-ethyl adjacent to an activating group) is 1. The zero-order valence-electron chi connectivity index (χ0n) is 15.0.